The van der Waals surface area contributed by atoms with Crippen molar-refractivity contribution in [3.8, 4) is 5.75 Å². The molecule has 6 heteroatoms. The molecule has 6 nitrogen and oxygen atoms in total. The molecule has 0 radical (unpaired) electrons. The summed E-state index contributed by atoms with van der Waals surface area (Å²) in [5, 5.41) is 0. The van der Waals surface area contributed by atoms with E-state index in [1.54, 1.807) is 0 Å². The lowest BCUT2D eigenvalue weighted by molar-refractivity contribution is -0.136. The zero-order valence-corrected chi connectivity index (χ0v) is 18.0. The van der Waals surface area contributed by atoms with Gasteiger partial charge in [0.2, 0.25) is 5.91 Å². The van der Waals surface area contributed by atoms with E-state index < -0.39 is 0 Å². The van der Waals surface area contributed by atoms with Crippen molar-refractivity contribution < 1.29 is 14.3 Å². The summed E-state index contributed by atoms with van der Waals surface area (Å²) in [5.41, 5.74) is 2.29. The second kappa shape index (κ2) is 10.4. The van der Waals surface area contributed by atoms with Crippen LogP contribution in [0.1, 0.15) is 24.0 Å². The molecule has 2 aliphatic heterocycles. The minimum absolute atomic E-state index is 0.0000311. The molecule has 0 atom stereocenters. The van der Waals surface area contributed by atoms with Gasteiger partial charge in [0.25, 0.3) is 5.91 Å². The number of rotatable bonds is 7. The first-order chi connectivity index (χ1) is 15.2. The zero-order valence-electron chi connectivity index (χ0n) is 18.0. The van der Waals surface area contributed by atoms with E-state index in [1.807, 2.05) is 52.3 Å². The largest absolute Gasteiger partial charge is 0.483 e. The Balaban J connectivity index is 1.24. The smallest absolute Gasteiger partial charge is 0.260 e. The summed E-state index contributed by atoms with van der Waals surface area (Å²) in [6, 6.07) is 18.1. The van der Waals surface area contributed by atoms with E-state index in [-0.39, 0.29) is 18.4 Å². The fourth-order valence-electron chi connectivity index (χ4n) is 4.25. The highest BCUT2D eigenvalue weighted by Gasteiger charge is 2.25. The lowest BCUT2D eigenvalue weighted by atomic mass is 10.0. The highest BCUT2D eigenvalue weighted by Crippen LogP contribution is 2.21. The Hall–Kier alpha value is -2.86. The van der Waals surface area contributed by atoms with Crippen molar-refractivity contribution in [2.24, 2.45) is 0 Å². The average molecular weight is 422 g/mol. The average Bonchev–Trinajstić information content (AvgIpc) is 3.35. The standard InChI is InChI=1S/C25H31N3O3/c29-24(27-12-6-7-13-27)19-26-14-16-28(17-15-26)25(30)20-31-23-11-5-4-10-22(23)18-21-8-2-1-3-9-21/h1-5,8-11H,6-7,12-20H2. The van der Waals surface area contributed by atoms with E-state index in [1.165, 1.54) is 5.56 Å². The van der Waals surface area contributed by atoms with Crippen LogP contribution in [-0.2, 0) is 16.0 Å². The number of para-hydroxylation sites is 1. The molecule has 0 N–H and O–H groups in total. The first-order valence-corrected chi connectivity index (χ1v) is 11.2. The van der Waals surface area contributed by atoms with Crippen LogP contribution in [0.4, 0.5) is 0 Å². The van der Waals surface area contributed by atoms with Gasteiger partial charge in [-0.1, -0.05) is 48.5 Å². The van der Waals surface area contributed by atoms with Gasteiger partial charge in [0, 0.05) is 45.7 Å². The number of piperazine rings is 1. The monoisotopic (exact) mass is 421 g/mol. The van der Waals surface area contributed by atoms with E-state index in [4.69, 9.17) is 4.74 Å². The van der Waals surface area contributed by atoms with Crippen LogP contribution in [0.15, 0.2) is 54.6 Å². The van der Waals surface area contributed by atoms with Crippen LogP contribution in [0.5, 0.6) is 5.75 Å². The fraction of sp³-hybridized carbons (Fsp3) is 0.440. The van der Waals surface area contributed by atoms with Crippen LogP contribution in [0.2, 0.25) is 0 Å². The molecule has 2 saturated heterocycles. The number of hydrogen-bond acceptors (Lipinski definition) is 4. The van der Waals surface area contributed by atoms with Gasteiger partial charge in [-0.2, -0.15) is 0 Å². The van der Waals surface area contributed by atoms with Gasteiger partial charge in [0.1, 0.15) is 5.75 Å². The maximum atomic E-state index is 12.7. The van der Waals surface area contributed by atoms with Crippen LogP contribution in [0.3, 0.4) is 0 Å². The van der Waals surface area contributed by atoms with Gasteiger partial charge in [-0.15, -0.1) is 0 Å². The van der Waals surface area contributed by atoms with Crippen LogP contribution in [0.25, 0.3) is 0 Å². The summed E-state index contributed by atoms with van der Waals surface area (Å²) in [7, 11) is 0. The van der Waals surface area contributed by atoms with E-state index in [0.29, 0.717) is 19.6 Å². The molecule has 0 bridgehead atoms. The summed E-state index contributed by atoms with van der Waals surface area (Å²) in [4.78, 5) is 31.0. The van der Waals surface area contributed by atoms with E-state index >= 15 is 0 Å². The number of ether oxygens (including phenoxy) is 1. The van der Waals surface area contributed by atoms with Crippen molar-refractivity contribution in [2.75, 3.05) is 52.4 Å². The lowest BCUT2D eigenvalue weighted by Gasteiger charge is -2.35. The predicted octanol–water partition coefficient (Wildman–Crippen LogP) is 2.42. The Morgan fingerprint density at radius 3 is 2.13 bits per heavy atom. The highest BCUT2D eigenvalue weighted by atomic mass is 16.5. The molecule has 2 heterocycles. The molecule has 0 unspecified atom stereocenters. The van der Waals surface area contributed by atoms with Crippen molar-refractivity contribution in [3.05, 3.63) is 65.7 Å². The Morgan fingerprint density at radius 1 is 0.742 bits per heavy atom. The van der Waals surface area contributed by atoms with Crippen molar-refractivity contribution in [1.29, 1.82) is 0 Å². The Bertz CT molecular complexity index is 873. The van der Waals surface area contributed by atoms with Crippen LogP contribution < -0.4 is 4.74 Å². The van der Waals surface area contributed by atoms with Gasteiger partial charge < -0.3 is 14.5 Å². The first kappa shape index (κ1) is 21.4. The number of carbonyl (C=O) groups excluding carboxylic acids is 2. The summed E-state index contributed by atoms with van der Waals surface area (Å²) in [5.74, 6) is 0.977. The van der Waals surface area contributed by atoms with Gasteiger partial charge in [-0.25, -0.2) is 0 Å². The first-order valence-electron chi connectivity index (χ1n) is 11.2. The summed E-state index contributed by atoms with van der Waals surface area (Å²) < 4.78 is 5.92. The number of nitrogens with zero attached hydrogens (tertiary/aromatic N) is 3. The third-order valence-electron chi connectivity index (χ3n) is 6.10. The quantitative estimate of drug-likeness (QED) is 0.689. The normalized spacial score (nSPS) is 17.0. The van der Waals surface area contributed by atoms with Crippen LogP contribution in [-0.4, -0.2) is 78.9 Å². The minimum Gasteiger partial charge on any atom is -0.483 e. The molecule has 0 aliphatic carbocycles. The fourth-order valence-corrected chi connectivity index (χ4v) is 4.25. The van der Waals surface area contributed by atoms with Gasteiger partial charge in [0.15, 0.2) is 6.61 Å². The van der Waals surface area contributed by atoms with Gasteiger partial charge in [-0.05, 0) is 30.0 Å². The van der Waals surface area contributed by atoms with Crippen molar-refractivity contribution in [1.82, 2.24) is 14.7 Å². The van der Waals surface area contributed by atoms with Crippen molar-refractivity contribution in [3.63, 3.8) is 0 Å². The van der Waals surface area contributed by atoms with Crippen LogP contribution >= 0.6 is 0 Å². The number of amides is 2. The Kier molecular flexibility index (Phi) is 7.20. The number of hydrogen-bond donors (Lipinski definition) is 0. The molecule has 2 amide bonds. The highest BCUT2D eigenvalue weighted by molar-refractivity contribution is 5.79. The Morgan fingerprint density at radius 2 is 1.39 bits per heavy atom. The molecular weight excluding hydrogens is 390 g/mol. The summed E-state index contributed by atoms with van der Waals surface area (Å²) in [6.45, 7) is 5.03. The Labute approximate surface area is 184 Å². The van der Waals surface area contributed by atoms with Gasteiger partial charge >= 0.3 is 0 Å². The van der Waals surface area contributed by atoms with Crippen LogP contribution in [0, 0.1) is 0 Å². The lowest BCUT2D eigenvalue weighted by Crippen LogP contribution is -2.52. The molecule has 2 aromatic carbocycles. The minimum atomic E-state index is 0.0000311. The molecule has 2 fully saturated rings. The van der Waals surface area contributed by atoms with E-state index in [9.17, 15) is 9.59 Å². The molecule has 0 saturated carbocycles. The summed E-state index contributed by atoms with van der Waals surface area (Å²) in [6.07, 6.45) is 3.00. The SMILES string of the molecule is O=C(COc1ccccc1Cc1ccccc1)N1CCN(CC(=O)N2CCCC2)CC1. The van der Waals surface area contributed by atoms with Crippen molar-refractivity contribution >= 4 is 11.8 Å². The predicted molar refractivity (Wildman–Crippen MR) is 120 cm³/mol. The number of benzene rings is 2. The molecule has 0 spiro atoms. The number of likely N-dealkylation sites (tertiary alicyclic amines) is 1. The zero-order chi connectivity index (χ0) is 21.5. The van der Waals surface area contributed by atoms with E-state index in [0.717, 1.165) is 56.8 Å². The maximum absolute atomic E-state index is 12.7. The molecule has 31 heavy (non-hydrogen) atoms. The topological polar surface area (TPSA) is 53.1 Å². The van der Waals surface area contributed by atoms with Crippen molar-refractivity contribution in [2.45, 2.75) is 19.3 Å². The molecule has 2 aromatic rings. The third-order valence-corrected chi connectivity index (χ3v) is 6.10. The van der Waals surface area contributed by atoms with E-state index in [2.05, 4.69) is 17.0 Å². The number of carbonyl (C=O) groups is 2. The molecule has 4 rings (SSSR count). The summed E-state index contributed by atoms with van der Waals surface area (Å²) >= 11 is 0. The second-order valence-electron chi connectivity index (χ2n) is 8.30. The third kappa shape index (κ3) is 5.85. The van der Waals surface area contributed by atoms with Gasteiger partial charge in [-0.3, -0.25) is 14.5 Å². The second-order valence-corrected chi connectivity index (χ2v) is 8.30. The molecule has 164 valence electrons. The van der Waals surface area contributed by atoms with Gasteiger partial charge in [0.05, 0.1) is 6.54 Å². The molecular formula is C25H31N3O3. The molecule has 2 aliphatic rings. The maximum Gasteiger partial charge on any atom is 0.260 e. The molecule has 0 aromatic heterocycles.